The second kappa shape index (κ2) is 5.27. The van der Waals surface area contributed by atoms with Crippen molar-refractivity contribution in [3.05, 3.63) is 34.0 Å². The van der Waals surface area contributed by atoms with Gasteiger partial charge in [-0.25, -0.2) is 0 Å². The van der Waals surface area contributed by atoms with Crippen molar-refractivity contribution in [2.75, 3.05) is 13.1 Å². The molecule has 2 heterocycles. The fourth-order valence-corrected chi connectivity index (χ4v) is 4.22. The number of carboxylic acid groups (broad SMARTS) is 1. The number of carboxylic acids is 1. The molecule has 1 saturated heterocycles. The Labute approximate surface area is 141 Å². The zero-order valence-electron chi connectivity index (χ0n) is 13.3. The molecule has 0 bridgehead atoms. The molecule has 0 spiro atoms. The summed E-state index contributed by atoms with van der Waals surface area (Å²) in [5.74, 6) is -1.29. The lowest BCUT2D eigenvalue weighted by atomic mass is 9.81. The summed E-state index contributed by atoms with van der Waals surface area (Å²) in [6.45, 7) is 0.545. The molecule has 2 aromatic rings. The van der Waals surface area contributed by atoms with Gasteiger partial charge in [-0.2, -0.15) is 5.10 Å². The molecule has 25 heavy (non-hydrogen) atoms. The average Bonchev–Trinajstić information content (AvgIpc) is 3.25. The average molecular weight is 344 g/mol. The molecule has 2 atom stereocenters. The highest BCUT2D eigenvalue weighted by Gasteiger charge is 2.56. The highest BCUT2D eigenvalue weighted by Crippen LogP contribution is 2.49. The molecule has 9 nitrogen and oxygen atoms in total. The highest BCUT2D eigenvalue weighted by molar-refractivity contribution is 6.05. The van der Waals surface area contributed by atoms with Crippen LogP contribution in [0.25, 0.3) is 10.9 Å². The molecule has 9 heteroatoms. The Morgan fingerprint density at radius 3 is 2.92 bits per heavy atom. The monoisotopic (exact) mass is 344 g/mol. The first kappa shape index (κ1) is 15.6. The van der Waals surface area contributed by atoms with Gasteiger partial charge in [0, 0.05) is 30.6 Å². The lowest BCUT2D eigenvalue weighted by Crippen LogP contribution is -2.37. The van der Waals surface area contributed by atoms with Gasteiger partial charge in [0.2, 0.25) is 0 Å². The fraction of sp³-hybridized carbons (Fsp3) is 0.438. The van der Waals surface area contributed by atoms with E-state index in [-0.39, 0.29) is 29.8 Å². The molecule has 4 rings (SSSR count). The Morgan fingerprint density at radius 2 is 2.24 bits per heavy atom. The normalized spacial score (nSPS) is 25.3. The number of amides is 1. The molecular weight excluding hydrogens is 328 g/mol. The van der Waals surface area contributed by atoms with E-state index in [9.17, 15) is 24.8 Å². The number of nitro groups is 1. The number of carbonyl (C=O) groups is 2. The van der Waals surface area contributed by atoms with Gasteiger partial charge in [0.25, 0.3) is 11.6 Å². The standard InChI is InChI=1S/C16H16N4O5/c21-14(19-7-9-2-1-5-16(9,8-19)15(22)23)13-11-6-10(20(24)25)3-4-12(11)17-18-13/h3-4,6,9H,1-2,5,7-8H2,(H,17,18)(H,22,23)/t9-,16+/m0/s1. The Bertz CT molecular complexity index is 907. The van der Waals surface area contributed by atoms with Gasteiger partial charge in [0.1, 0.15) is 0 Å². The lowest BCUT2D eigenvalue weighted by Gasteiger charge is -2.23. The molecular formula is C16H16N4O5. The van der Waals surface area contributed by atoms with Crippen molar-refractivity contribution < 1.29 is 19.6 Å². The number of hydrogen-bond donors (Lipinski definition) is 2. The molecule has 1 aromatic heterocycles. The number of fused-ring (bicyclic) bond motifs is 2. The minimum Gasteiger partial charge on any atom is -0.481 e. The van der Waals surface area contributed by atoms with Gasteiger partial charge < -0.3 is 10.0 Å². The predicted molar refractivity (Wildman–Crippen MR) is 86.1 cm³/mol. The lowest BCUT2D eigenvalue weighted by molar-refractivity contribution is -0.384. The summed E-state index contributed by atoms with van der Waals surface area (Å²) < 4.78 is 0. The summed E-state index contributed by atoms with van der Waals surface area (Å²) in [6.07, 6.45) is 2.23. The van der Waals surface area contributed by atoms with Crippen LogP contribution in [0.2, 0.25) is 0 Å². The van der Waals surface area contributed by atoms with Crippen molar-refractivity contribution in [1.29, 1.82) is 0 Å². The molecule has 1 amide bonds. The van der Waals surface area contributed by atoms with Crippen LogP contribution in [0.4, 0.5) is 5.69 Å². The van der Waals surface area contributed by atoms with Crippen LogP contribution >= 0.6 is 0 Å². The molecule has 130 valence electrons. The van der Waals surface area contributed by atoms with Crippen molar-refractivity contribution in [2.45, 2.75) is 19.3 Å². The molecule has 1 aliphatic carbocycles. The zero-order valence-corrected chi connectivity index (χ0v) is 13.3. The summed E-state index contributed by atoms with van der Waals surface area (Å²) in [7, 11) is 0. The maximum Gasteiger partial charge on any atom is 0.311 e. The molecule has 2 aliphatic rings. The number of hydrogen-bond acceptors (Lipinski definition) is 5. The van der Waals surface area contributed by atoms with Crippen LogP contribution in [0.3, 0.4) is 0 Å². The number of benzene rings is 1. The SMILES string of the molecule is O=C(c1n[nH]c2ccc([N+](=O)[O-])cc12)N1C[C@@H]2CCC[C@@]2(C(=O)O)C1. The van der Waals surface area contributed by atoms with Crippen molar-refractivity contribution in [3.8, 4) is 0 Å². The summed E-state index contributed by atoms with van der Waals surface area (Å²) in [4.78, 5) is 36.6. The van der Waals surface area contributed by atoms with E-state index in [0.717, 1.165) is 12.8 Å². The quantitative estimate of drug-likeness (QED) is 0.645. The number of likely N-dealkylation sites (tertiary alicyclic amines) is 1. The minimum atomic E-state index is -0.867. The van der Waals surface area contributed by atoms with Crippen LogP contribution in [0.5, 0.6) is 0 Å². The number of rotatable bonds is 3. The number of nitrogens with one attached hydrogen (secondary N) is 1. The molecule has 1 saturated carbocycles. The third kappa shape index (κ3) is 2.19. The van der Waals surface area contributed by atoms with E-state index < -0.39 is 16.3 Å². The first-order valence-corrected chi connectivity index (χ1v) is 8.07. The van der Waals surface area contributed by atoms with Crippen molar-refractivity contribution in [2.24, 2.45) is 11.3 Å². The van der Waals surface area contributed by atoms with Crippen molar-refractivity contribution in [1.82, 2.24) is 15.1 Å². The second-order valence-electron chi connectivity index (χ2n) is 6.80. The maximum absolute atomic E-state index is 12.9. The highest BCUT2D eigenvalue weighted by atomic mass is 16.6. The molecule has 1 aromatic carbocycles. The molecule has 1 aliphatic heterocycles. The number of nitro benzene ring substituents is 1. The third-order valence-electron chi connectivity index (χ3n) is 5.54. The maximum atomic E-state index is 12.9. The number of aliphatic carboxylic acids is 1. The van der Waals surface area contributed by atoms with E-state index in [4.69, 9.17) is 0 Å². The van der Waals surface area contributed by atoms with Gasteiger partial charge in [0.05, 0.1) is 15.9 Å². The van der Waals surface area contributed by atoms with Gasteiger partial charge in [0.15, 0.2) is 5.69 Å². The van der Waals surface area contributed by atoms with Gasteiger partial charge >= 0.3 is 5.97 Å². The smallest absolute Gasteiger partial charge is 0.311 e. The topological polar surface area (TPSA) is 129 Å². The van der Waals surface area contributed by atoms with Crippen molar-refractivity contribution >= 4 is 28.5 Å². The number of non-ortho nitro benzene ring substituents is 1. The Morgan fingerprint density at radius 1 is 1.44 bits per heavy atom. The minimum absolute atomic E-state index is 0.0477. The van der Waals surface area contributed by atoms with E-state index in [1.54, 1.807) is 0 Å². The number of aromatic amines is 1. The van der Waals surface area contributed by atoms with Gasteiger partial charge in [-0.05, 0) is 24.8 Å². The van der Waals surface area contributed by atoms with Crippen LogP contribution in [0.1, 0.15) is 29.8 Å². The van der Waals surface area contributed by atoms with E-state index >= 15 is 0 Å². The molecule has 2 N–H and O–H groups in total. The van der Waals surface area contributed by atoms with Gasteiger partial charge in [-0.3, -0.25) is 24.8 Å². The largest absolute Gasteiger partial charge is 0.481 e. The first-order valence-electron chi connectivity index (χ1n) is 8.07. The summed E-state index contributed by atoms with van der Waals surface area (Å²) in [6, 6.07) is 4.17. The third-order valence-corrected chi connectivity index (χ3v) is 5.54. The van der Waals surface area contributed by atoms with E-state index in [0.29, 0.717) is 23.9 Å². The van der Waals surface area contributed by atoms with E-state index in [1.807, 2.05) is 0 Å². The Balaban J connectivity index is 1.68. The zero-order chi connectivity index (χ0) is 17.8. The number of carbonyl (C=O) groups excluding carboxylic acids is 1. The van der Waals surface area contributed by atoms with Crippen molar-refractivity contribution in [3.63, 3.8) is 0 Å². The van der Waals surface area contributed by atoms with E-state index in [1.165, 1.54) is 23.1 Å². The van der Waals surface area contributed by atoms with Gasteiger partial charge in [-0.1, -0.05) is 6.42 Å². The summed E-state index contributed by atoms with van der Waals surface area (Å²) >= 11 is 0. The second-order valence-corrected chi connectivity index (χ2v) is 6.80. The van der Waals surface area contributed by atoms with Crippen LogP contribution in [0, 0.1) is 21.4 Å². The first-order chi connectivity index (χ1) is 11.9. The molecule has 2 fully saturated rings. The number of nitrogens with zero attached hydrogens (tertiary/aromatic N) is 3. The molecule has 0 radical (unpaired) electrons. The fourth-order valence-electron chi connectivity index (χ4n) is 4.22. The van der Waals surface area contributed by atoms with Crippen LogP contribution < -0.4 is 0 Å². The van der Waals surface area contributed by atoms with Gasteiger partial charge in [-0.15, -0.1) is 0 Å². The summed E-state index contributed by atoms with van der Waals surface area (Å²) in [5.41, 5.74) is -0.364. The van der Waals surface area contributed by atoms with Crippen LogP contribution in [0.15, 0.2) is 18.2 Å². The number of aromatic nitrogens is 2. The van der Waals surface area contributed by atoms with Crippen LogP contribution in [-0.2, 0) is 4.79 Å². The van der Waals surface area contributed by atoms with Crippen LogP contribution in [-0.4, -0.2) is 50.1 Å². The Kier molecular flexibility index (Phi) is 3.28. The number of H-pyrrole nitrogens is 1. The summed E-state index contributed by atoms with van der Waals surface area (Å²) in [5, 5.41) is 27.7. The van der Waals surface area contributed by atoms with E-state index in [2.05, 4.69) is 10.2 Å². The molecule has 0 unspecified atom stereocenters. The predicted octanol–water partition coefficient (Wildman–Crippen LogP) is 1.80. The Hall–Kier alpha value is -2.97.